The molecule has 1 aliphatic heterocycles. The largest absolute Gasteiger partial charge is 0.325 e. The van der Waals surface area contributed by atoms with Crippen LogP contribution in [0.15, 0.2) is 48.5 Å². The van der Waals surface area contributed by atoms with Crippen LogP contribution >= 0.6 is 0 Å². The van der Waals surface area contributed by atoms with Crippen molar-refractivity contribution < 1.29 is 4.79 Å². The number of rotatable bonds is 6. The van der Waals surface area contributed by atoms with Crippen molar-refractivity contribution in [2.45, 2.75) is 39.4 Å². The first-order chi connectivity index (χ1) is 12.2. The average molecular weight is 337 g/mol. The number of anilines is 1. The Bertz CT molecular complexity index is 725. The van der Waals surface area contributed by atoms with Gasteiger partial charge in [0, 0.05) is 18.8 Å². The van der Waals surface area contributed by atoms with E-state index in [2.05, 4.69) is 53.6 Å². The fourth-order valence-electron chi connectivity index (χ4n) is 3.32. The topological polar surface area (TPSA) is 44.4 Å². The molecule has 2 N–H and O–H groups in total. The lowest BCUT2D eigenvalue weighted by Crippen LogP contribution is -2.44. The fourth-order valence-corrected chi connectivity index (χ4v) is 3.32. The van der Waals surface area contributed by atoms with Crippen LogP contribution in [0, 0.1) is 0 Å². The van der Waals surface area contributed by atoms with E-state index >= 15 is 0 Å². The summed E-state index contributed by atoms with van der Waals surface area (Å²) in [7, 11) is 0. The highest BCUT2D eigenvalue weighted by molar-refractivity contribution is 5.95. The van der Waals surface area contributed by atoms with Crippen molar-refractivity contribution in [1.82, 2.24) is 10.2 Å². The van der Waals surface area contributed by atoms with Crippen molar-refractivity contribution in [3.8, 4) is 0 Å². The van der Waals surface area contributed by atoms with Crippen LogP contribution in [-0.2, 0) is 24.3 Å². The van der Waals surface area contributed by atoms with E-state index in [0.29, 0.717) is 0 Å². The lowest BCUT2D eigenvalue weighted by Gasteiger charge is -2.25. The molecule has 4 nitrogen and oxygen atoms in total. The molecule has 0 saturated carbocycles. The van der Waals surface area contributed by atoms with Crippen LogP contribution in [0.2, 0.25) is 0 Å². The third kappa shape index (κ3) is 4.47. The third-order valence-electron chi connectivity index (χ3n) is 4.89. The normalized spacial score (nSPS) is 16.5. The van der Waals surface area contributed by atoms with Crippen LogP contribution in [0.4, 0.5) is 5.69 Å². The van der Waals surface area contributed by atoms with E-state index in [1.54, 1.807) is 0 Å². The number of amides is 1. The van der Waals surface area contributed by atoms with Crippen molar-refractivity contribution in [3.63, 3.8) is 0 Å². The van der Waals surface area contributed by atoms with Crippen LogP contribution in [-0.4, -0.2) is 29.9 Å². The zero-order valence-electron chi connectivity index (χ0n) is 15.1. The Kier molecular flexibility index (Phi) is 5.84. The molecule has 1 heterocycles. The SMILES string of the molecule is CCN(CC)Cc1cccc(NC(=O)C2Cc3ccccc3CN2)c1. The first-order valence-electron chi connectivity index (χ1n) is 9.12. The predicted molar refractivity (Wildman–Crippen MR) is 102 cm³/mol. The molecular weight excluding hydrogens is 310 g/mol. The van der Waals surface area contributed by atoms with Gasteiger partial charge in [-0.1, -0.05) is 50.2 Å². The second-order valence-corrected chi connectivity index (χ2v) is 6.56. The summed E-state index contributed by atoms with van der Waals surface area (Å²) in [4.78, 5) is 15.0. The van der Waals surface area contributed by atoms with Crippen LogP contribution in [0.3, 0.4) is 0 Å². The number of carbonyl (C=O) groups excluding carboxylic acids is 1. The standard InChI is InChI=1S/C21H27N3O/c1-3-24(4-2)15-16-8-7-11-19(12-16)23-21(25)20-13-17-9-5-6-10-18(17)14-22-20/h5-12,20,22H,3-4,13-15H2,1-2H3,(H,23,25). The van der Waals surface area contributed by atoms with Crippen LogP contribution in [0.1, 0.15) is 30.5 Å². The molecule has 0 spiro atoms. The number of fused-ring (bicyclic) bond motifs is 1. The number of hydrogen-bond acceptors (Lipinski definition) is 3. The molecule has 132 valence electrons. The summed E-state index contributed by atoms with van der Waals surface area (Å²) in [6.07, 6.45) is 0.737. The molecule has 1 atom stereocenters. The molecule has 2 aromatic rings. The minimum absolute atomic E-state index is 0.0366. The second kappa shape index (κ2) is 8.28. The maximum Gasteiger partial charge on any atom is 0.241 e. The third-order valence-corrected chi connectivity index (χ3v) is 4.89. The number of nitrogens with zero attached hydrogens (tertiary/aromatic N) is 1. The molecule has 1 aliphatic rings. The van der Waals surface area contributed by atoms with Gasteiger partial charge in [0.1, 0.15) is 0 Å². The summed E-state index contributed by atoms with van der Waals surface area (Å²) in [5.74, 6) is 0.0366. The van der Waals surface area contributed by atoms with Gasteiger partial charge in [0.2, 0.25) is 5.91 Å². The Morgan fingerprint density at radius 2 is 1.88 bits per heavy atom. The summed E-state index contributed by atoms with van der Waals surface area (Å²) < 4.78 is 0. The van der Waals surface area contributed by atoms with Gasteiger partial charge in [-0.05, 0) is 48.3 Å². The molecule has 2 aromatic carbocycles. The highest BCUT2D eigenvalue weighted by Crippen LogP contribution is 2.18. The predicted octanol–water partition coefficient (Wildman–Crippen LogP) is 3.18. The summed E-state index contributed by atoms with van der Waals surface area (Å²) in [6, 6.07) is 16.3. The Hall–Kier alpha value is -2.17. The van der Waals surface area contributed by atoms with E-state index in [9.17, 15) is 4.79 Å². The molecule has 0 saturated heterocycles. The Labute approximate surface area is 150 Å². The minimum atomic E-state index is -0.179. The molecular formula is C21H27N3O. The first kappa shape index (κ1) is 17.6. The Morgan fingerprint density at radius 3 is 2.64 bits per heavy atom. The minimum Gasteiger partial charge on any atom is -0.325 e. The lowest BCUT2D eigenvalue weighted by atomic mass is 9.95. The molecule has 0 radical (unpaired) electrons. The number of benzene rings is 2. The molecule has 1 amide bonds. The van der Waals surface area contributed by atoms with Crippen LogP contribution < -0.4 is 10.6 Å². The highest BCUT2D eigenvalue weighted by atomic mass is 16.2. The van der Waals surface area contributed by atoms with Gasteiger partial charge in [-0.3, -0.25) is 9.69 Å². The summed E-state index contributed by atoms with van der Waals surface area (Å²) in [6.45, 7) is 8.04. The number of carbonyl (C=O) groups is 1. The monoisotopic (exact) mass is 337 g/mol. The first-order valence-corrected chi connectivity index (χ1v) is 9.12. The maximum atomic E-state index is 12.6. The molecule has 0 fully saturated rings. The second-order valence-electron chi connectivity index (χ2n) is 6.56. The fraction of sp³-hybridized carbons (Fsp3) is 0.381. The number of hydrogen-bond donors (Lipinski definition) is 2. The van der Waals surface area contributed by atoms with Gasteiger partial charge in [0.25, 0.3) is 0 Å². The van der Waals surface area contributed by atoms with Gasteiger partial charge in [-0.2, -0.15) is 0 Å². The Balaban J connectivity index is 1.63. The van der Waals surface area contributed by atoms with Crippen molar-refractivity contribution >= 4 is 11.6 Å². The van der Waals surface area contributed by atoms with Crippen molar-refractivity contribution in [2.75, 3.05) is 18.4 Å². The van der Waals surface area contributed by atoms with E-state index in [4.69, 9.17) is 0 Å². The quantitative estimate of drug-likeness (QED) is 0.851. The summed E-state index contributed by atoms with van der Waals surface area (Å²) in [5, 5.41) is 6.41. The molecule has 1 unspecified atom stereocenters. The van der Waals surface area contributed by atoms with Gasteiger partial charge in [-0.15, -0.1) is 0 Å². The average Bonchev–Trinajstić information content (AvgIpc) is 2.66. The summed E-state index contributed by atoms with van der Waals surface area (Å²) in [5.41, 5.74) is 4.64. The maximum absolute atomic E-state index is 12.6. The molecule has 3 rings (SSSR count). The number of nitrogens with one attached hydrogen (secondary N) is 2. The highest BCUT2D eigenvalue weighted by Gasteiger charge is 2.23. The van der Waals surface area contributed by atoms with Crippen LogP contribution in [0.5, 0.6) is 0 Å². The van der Waals surface area contributed by atoms with E-state index in [1.807, 2.05) is 24.3 Å². The lowest BCUT2D eigenvalue weighted by molar-refractivity contribution is -0.118. The van der Waals surface area contributed by atoms with Gasteiger partial charge >= 0.3 is 0 Å². The molecule has 4 heteroatoms. The molecule has 0 bridgehead atoms. The van der Waals surface area contributed by atoms with Crippen molar-refractivity contribution in [2.24, 2.45) is 0 Å². The van der Waals surface area contributed by atoms with Gasteiger partial charge in [0.15, 0.2) is 0 Å². The Morgan fingerprint density at radius 1 is 1.12 bits per heavy atom. The molecule has 25 heavy (non-hydrogen) atoms. The van der Waals surface area contributed by atoms with E-state index in [0.717, 1.165) is 38.3 Å². The smallest absolute Gasteiger partial charge is 0.241 e. The molecule has 0 aromatic heterocycles. The van der Waals surface area contributed by atoms with Gasteiger partial charge in [0.05, 0.1) is 6.04 Å². The van der Waals surface area contributed by atoms with E-state index in [-0.39, 0.29) is 11.9 Å². The van der Waals surface area contributed by atoms with E-state index in [1.165, 1.54) is 16.7 Å². The van der Waals surface area contributed by atoms with Crippen molar-refractivity contribution in [3.05, 3.63) is 65.2 Å². The van der Waals surface area contributed by atoms with Crippen molar-refractivity contribution in [1.29, 1.82) is 0 Å². The van der Waals surface area contributed by atoms with E-state index < -0.39 is 0 Å². The molecule has 0 aliphatic carbocycles. The zero-order chi connectivity index (χ0) is 17.6. The van der Waals surface area contributed by atoms with Crippen LogP contribution in [0.25, 0.3) is 0 Å². The summed E-state index contributed by atoms with van der Waals surface area (Å²) >= 11 is 0. The van der Waals surface area contributed by atoms with Gasteiger partial charge < -0.3 is 10.6 Å². The zero-order valence-corrected chi connectivity index (χ0v) is 15.1. The van der Waals surface area contributed by atoms with Gasteiger partial charge in [-0.25, -0.2) is 0 Å².